The van der Waals surface area contributed by atoms with E-state index in [1.807, 2.05) is 27.7 Å². The molecule has 132 valence electrons. The van der Waals surface area contributed by atoms with Gasteiger partial charge in [0.25, 0.3) is 0 Å². The molecule has 4 nitrogen and oxygen atoms in total. The van der Waals surface area contributed by atoms with E-state index in [2.05, 4.69) is 38.8 Å². The Hall–Kier alpha value is -0.100. The van der Waals surface area contributed by atoms with Crippen molar-refractivity contribution in [2.75, 3.05) is 5.33 Å². The van der Waals surface area contributed by atoms with Crippen LogP contribution in [0.2, 0.25) is 0 Å². The molecule has 0 radical (unpaired) electrons. The van der Waals surface area contributed by atoms with E-state index < -0.39 is 5.97 Å². The van der Waals surface area contributed by atoms with E-state index in [0.717, 1.165) is 31.0 Å². The van der Waals surface area contributed by atoms with Crippen molar-refractivity contribution < 1.29 is 19.4 Å². The number of unbranched alkanes of at least 4 members (excludes halogenated alkanes) is 1. The second kappa shape index (κ2) is 13.3. The molecular weight excluding hydrogens is 416 g/mol. The third-order valence-electron chi connectivity index (χ3n) is 2.66. The molecule has 0 aromatic carbocycles. The molecule has 22 heavy (non-hydrogen) atoms. The maximum Gasteiger partial charge on any atom is 0.317 e. The van der Waals surface area contributed by atoms with Gasteiger partial charge in [0.1, 0.15) is 10.4 Å². The second-order valence-corrected chi connectivity index (χ2v) is 8.11. The summed E-state index contributed by atoms with van der Waals surface area (Å²) in [6, 6.07) is 0. The Bertz CT molecular complexity index is 314. The summed E-state index contributed by atoms with van der Waals surface area (Å²) in [6.07, 6.45) is 4.74. The molecule has 0 spiro atoms. The summed E-state index contributed by atoms with van der Waals surface area (Å²) >= 11 is 6.24. The first-order valence-corrected chi connectivity index (χ1v) is 9.74. The van der Waals surface area contributed by atoms with Crippen molar-refractivity contribution in [3.63, 3.8) is 0 Å². The molecule has 0 bridgehead atoms. The average Bonchev–Trinajstić information content (AvgIpc) is 2.40. The molecule has 0 saturated carbocycles. The van der Waals surface area contributed by atoms with Crippen LogP contribution in [-0.2, 0) is 14.3 Å². The normalized spacial score (nSPS) is 13.6. The lowest BCUT2D eigenvalue weighted by Gasteiger charge is -2.22. The van der Waals surface area contributed by atoms with Crippen LogP contribution in [0.5, 0.6) is 0 Å². The van der Waals surface area contributed by atoms with Crippen LogP contribution in [0.1, 0.15) is 66.7 Å². The Morgan fingerprint density at radius 1 is 1.18 bits per heavy atom. The molecule has 0 fully saturated rings. The number of aliphatic carboxylic acids is 1. The predicted molar refractivity (Wildman–Crippen MR) is 97.9 cm³/mol. The number of ether oxygens (including phenoxy) is 1. The first-order valence-electron chi connectivity index (χ1n) is 7.70. The van der Waals surface area contributed by atoms with E-state index in [9.17, 15) is 9.59 Å². The quantitative estimate of drug-likeness (QED) is 0.413. The van der Waals surface area contributed by atoms with Crippen molar-refractivity contribution >= 4 is 43.8 Å². The molecule has 0 heterocycles. The summed E-state index contributed by atoms with van der Waals surface area (Å²) in [7, 11) is 0. The van der Waals surface area contributed by atoms with E-state index in [1.54, 1.807) is 0 Å². The number of alkyl halides is 2. The van der Waals surface area contributed by atoms with Crippen LogP contribution in [0.15, 0.2) is 0 Å². The average molecular weight is 446 g/mol. The van der Waals surface area contributed by atoms with Crippen LogP contribution in [0.25, 0.3) is 0 Å². The number of carbonyl (C=O) groups excluding carboxylic acids is 1. The largest absolute Gasteiger partial charge is 0.480 e. The number of carbonyl (C=O) groups is 2. The van der Waals surface area contributed by atoms with E-state index in [-0.39, 0.29) is 22.3 Å². The van der Waals surface area contributed by atoms with Gasteiger partial charge in [-0.3, -0.25) is 9.59 Å². The number of rotatable bonds is 8. The third-order valence-corrected chi connectivity index (χ3v) is 4.07. The zero-order valence-corrected chi connectivity index (χ0v) is 17.5. The molecule has 0 aliphatic carbocycles. The van der Waals surface area contributed by atoms with Gasteiger partial charge in [-0.25, -0.2) is 0 Å². The molecule has 2 unspecified atom stereocenters. The van der Waals surface area contributed by atoms with Gasteiger partial charge >= 0.3 is 11.9 Å². The lowest BCUT2D eigenvalue weighted by Crippen LogP contribution is -2.27. The van der Waals surface area contributed by atoms with Gasteiger partial charge in [-0.15, -0.1) is 0 Å². The Morgan fingerprint density at radius 2 is 1.73 bits per heavy atom. The summed E-state index contributed by atoms with van der Waals surface area (Å²) in [5.74, 6) is -0.809. The zero-order chi connectivity index (χ0) is 17.8. The van der Waals surface area contributed by atoms with Gasteiger partial charge in [0.15, 0.2) is 0 Å². The number of halogens is 2. The van der Waals surface area contributed by atoms with Crippen molar-refractivity contribution in [3.05, 3.63) is 0 Å². The summed E-state index contributed by atoms with van der Waals surface area (Å²) in [5, 5.41) is 9.21. The van der Waals surface area contributed by atoms with E-state index in [0.29, 0.717) is 6.42 Å². The minimum absolute atomic E-state index is 0.0409. The molecule has 0 aromatic rings. The van der Waals surface area contributed by atoms with Crippen LogP contribution >= 0.6 is 31.9 Å². The Labute approximate surface area is 151 Å². The fourth-order valence-electron chi connectivity index (χ4n) is 1.41. The number of esters is 1. The van der Waals surface area contributed by atoms with Crippen molar-refractivity contribution in [2.24, 2.45) is 5.92 Å². The fraction of sp³-hybridized carbons (Fsp3) is 0.875. The topological polar surface area (TPSA) is 63.6 Å². The first kappa shape index (κ1) is 24.2. The molecule has 0 aliphatic heterocycles. The van der Waals surface area contributed by atoms with Gasteiger partial charge in [-0.2, -0.15) is 0 Å². The standard InChI is InChI=1S/C11H22O2.C5H8Br2O2/c1-6-7-8-9(2)10(12)13-11(3,4)5;6-3-1-2-4(7)5(8)9/h9H,6-8H2,1-5H3;4H,1-3H2,(H,8,9). The molecule has 1 N–H and O–H groups in total. The number of carboxylic acid groups (broad SMARTS) is 1. The Balaban J connectivity index is 0. The summed E-state index contributed by atoms with van der Waals surface area (Å²) in [5.41, 5.74) is -0.350. The molecule has 0 saturated heterocycles. The molecule has 0 aromatic heterocycles. The van der Waals surface area contributed by atoms with Gasteiger partial charge in [-0.1, -0.05) is 58.5 Å². The van der Waals surface area contributed by atoms with Crippen molar-refractivity contribution in [1.29, 1.82) is 0 Å². The Kier molecular flexibility index (Phi) is 14.7. The highest BCUT2D eigenvalue weighted by molar-refractivity contribution is 9.10. The highest BCUT2D eigenvalue weighted by atomic mass is 79.9. The smallest absolute Gasteiger partial charge is 0.317 e. The maximum atomic E-state index is 11.4. The Morgan fingerprint density at radius 3 is 2.09 bits per heavy atom. The van der Waals surface area contributed by atoms with Crippen molar-refractivity contribution in [2.45, 2.75) is 77.2 Å². The predicted octanol–water partition coefficient (Wildman–Crippen LogP) is 5.16. The summed E-state index contributed by atoms with van der Waals surface area (Å²) < 4.78 is 5.26. The van der Waals surface area contributed by atoms with Gasteiger partial charge in [0.2, 0.25) is 0 Å². The van der Waals surface area contributed by atoms with E-state index >= 15 is 0 Å². The first-order chi connectivity index (χ1) is 10.0. The molecule has 0 aliphatic rings. The summed E-state index contributed by atoms with van der Waals surface area (Å²) in [6.45, 7) is 9.76. The summed E-state index contributed by atoms with van der Waals surface area (Å²) in [4.78, 5) is 21.2. The SMILES string of the molecule is CCCCC(C)C(=O)OC(C)(C)C.O=C(O)C(Br)CCCBr. The highest BCUT2D eigenvalue weighted by Gasteiger charge is 2.20. The zero-order valence-electron chi connectivity index (χ0n) is 14.3. The van der Waals surface area contributed by atoms with Crippen molar-refractivity contribution in [1.82, 2.24) is 0 Å². The lowest BCUT2D eigenvalue weighted by molar-refractivity contribution is -0.159. The number of carboxylic acids is 1. The minimum atomic E-state index is -0.782. The molecule has 6 heteroatoms. The van der Waals surface area contributed by atoms with Crippen LogP contribution in [-0.4, -0.2) is 32.8 Å². The minimum Gasteiger partial charge on any atom is -0.480 e. The number of hydrogen-bond acceptors (Lipinski definition) is 3. The molecule has 0 amide bonds. The van der Waals surface area contributed by atoms with Crippen LogP contribution in [0, 0.1) is 5.92 Å². The van der Waals surface area contributed by atoms with E-state index in [4.69, 9.17) is 9.84 Å². The third kappa shape index (κ3) is 16.3. The van der Waals surface area contributed by atoms with Gasteiger partial charge in [0, 0.05) is 5.33 Å². The van der Waals surface area contributed by atoms with Gasteiger partial charge < -0.3 is 9.84 Å². The number of hydrogen-bond donors (Lipinski definition) is 1. The highest BCUT2D eigenvalue weighted by Crippen LogP contribution is 2.15. The van der Waals surface area contributed by atoms with E-state index in [1.165, 1.54) is 0 Å². The fourth-order valence-corrected chi connectivity index (χ4v) is 2.06. The van der Waals surface area contributed by atoms with Crippen LogP contribution in [0.3, 0.4) is 0 Å². The molecule has 0 rings (SSSR count). The van der Waals surface area contributed by atoms with Crippen LogP contribution < -0.4 is 0 Å². The maximum absolute atomic E-state index is 11.4. The van der Waals surface area contributed by atoms with Gasteiger partial charge in [0.05, 0.1) is 5.92 Å². The van der Waals surface area contributed by atoms with Gasteiger partial charge in [-0.05, 0) is 40.0 Å². The molecular formula is C16H30Br2O4. The van der Waals surface area contributed by atoms with Crippen LogP contribution in [0.4, 0.5) is 0 Å². The lowest BCUT2D eigenvalue weighted by atomic mass is 10.0. The molecule has 2 atom stereocenters. The second-order valence-electron chi connectivity index (χ2n) is 6.21. The monoisotopic (exact) mass is 444 g/mol. The van der Waals surface area contributed by atoms with Crippen molar-refractivity contribution in [3.8, 4) is 0 Å².